The van der Waals surface area contributed by atoms with Crippen molar-refractivity contribution in [3.8, 4) is 0 Å². The first-order chi connectivity index (χ1) is 8.25. The summed E-state index contributed by atoms with van der Waals surface area (Å²) in [5, 5.41) is 14.3. The van der Waals surface area contributed by atoms with E-state index in [2.05, 4.69) is 0 Å². The maximum absolute atomic E-state index is 12.0. The zero-order valence-electron chi connectivity index (χ0n) is 8.73. The maximum Gasteiger partial charge on any atom is 0.349 e. The van der Waals surface area contributed by atoms with Crippen LogP contribution in [-0.2, 0) is 9.59 Å². The van der Waals surface area contributed by atoms with Crippen molar-refractivity contribution in [2.75, 3.05) is 5.73 Å². The van der Waals surface area contributed by atoms with Gasteiger partial charge >= 0.3 is 11.9 Å². The molecule has 0 saturated heterocycles. The van der Waals surface area contributed by atoms with Gasteiger partial charge in [-0.25, -0.2) is 14.0 Å². The number of hydrogen-bond acceptors (Lipinski definition) is 3. The summed E-state index contributed by atoms with van der Waals surface area (Å²) in [5.74, 6) is -3.37. The lowest BCUT2D eigenvalue weighted by atomic mass is 10.3. The third-order valence-electron chi connectivity index (χ3n) is 1.44. The van der Waals surface area contributed by atoms with Crippen molar-refractivity contribution < 1.29 is 24.2 Å². The number of hydrogen-bond donors (Lipinski definition) is 3. The number of rotatable bonds is 2. The van der Waals surface area contributed by atoms with Crippen molar-refractivity contribution in [3.63, 3.8) is 0 Å². The van der Waals surface area contributed by atoms with Crippen molar-refractivity contribution in [1.29, 1.82) is 0 Å². The molecule has 0 bridgehead atoms. The lowest BCUT2D eigenvalue weighted by Gasteiger charge is -1.90. The van der Waals surface area contributed by atoms with Gasteiger partial charge in [0, 0.05) is 5.69 Å². The van der Waals surface area contributed by atoms with Crippen LogP contribution in [0.15, 0.2) is 34.3 Å². The fourth-order valence-electron chi connectivity index (χ4n) is 0.651. The van der Waals surface area contributed by atoms with Gasteiger partial charge in [0.05, 0.1) is 0 Å². The first kappa shape index (κ1) is 16.2. The molecular weight excluding hydrogens is 288 g/mol. The zero-order valence-corrected chi connectivity index (χ0v) is 10.2. The second-order valence-corrected chi connectivity index (χ2v) is 3.55. The van der Waals surface area contributed by atoms with Crippen LogP contribution >= 0.6 is 23.2 Å². The average molecular weight is 296 g/mol. The Morgan fingerprint density at radius 1 is 1.00 bits per heavy atom. The summed E-state index contributed by atoms with van der Waals surface area (Å²) < 4.78 is 12.0. The van der Waals surface area contributed by atoms with Gasteiger partial charge in [-0.1, -0.05) is 23.2 Å². The maximum atomic E-state index is 12.0. The van der Waals surface area contributed by atoms with E-state index in [1.165, 1.54) is 24.3 Å². The molecular formula is C10H8Cl2FNO4. The highest BCUT2D eigenvalue weighted by atomic mass is 35.5. The van der Waals surface area contributed by atoms with Gasteiger partial charge in [-0.3, -0.25) is 0 Å². The second-order valence-electron chi connectivity index (χ2n) is 2.79. The summed E-state index contributed by atoms with van der Waals surface area (Å²) in [6.07, 6.45) is 0. The summed E-state index contributed by atoms with van der Waals surface area (Å²) in [6, 6.07) is 5.70. The van der Waals surface area contributed by atoms with Crippen molar-refractivity contribution in [3.05, 3.63) is 40.1 Å². The van der Waals surface area contributed by atoms with Crippen molar-refractivity contribution in [1.82, 2.24) is 0 Å². The van der Waals surface area contributed by atoms with Gasteiger partial charge in [-0.15, -0.1) is 0 Å². The number of carboxylic acid groups (broad SMARTS) is 2. The van der Waals surface area contributed by atoms with Gasteiger partial charge in [0.2, 0.25) is 0 Å². The fourth-order valence-corrected chi connectivity index (χ4v) is 0.812. The van der Waals surface area contributed by atoms with Gasteiger partial charge in [0.25, 0.3) is 0 Å². The summed E-state index contributed by atoms with van der Waals surface area (Å²) in [5.41, 5.74) is 5.85. The molecule has 0 aliphatic heterocycles. The van der Waals surface area contributed by atoms with Crippen molar-refractivity contribution in [2.24, 2.45) is 0 Å². The third kappa shape index (κ3) is 6.07. The minimum Gasteiger partial charge on any atom is -0.477 e. The van der Waals surface area contributed by atoms with Crippen LogP contribution in [-0.4, -0.2) is 22.2 Å². The predicted molar refractivity (Wildman–Crippen MR) is 64.8 cm³/mol. The second kappa shape index (κ2) is 7.52. The molecule has 5 nitrogen and oxygen atoms in total. The molecule has 0 atom stereocenters. The van der Waals surface area contributed by atoms with E-state index in [9.17, 15) is 14.0 Å². The number of carboxylic acids is 2. The number of aliphatic carboxylic acids is 2. The molecule has 0 saturated carbocycles. The van der Waals surface area contributed by atoms with Crippen molar-refractivity contribution >= 4 is 40.8 Å². The van der Waals surface area contributed by atoms with E-state index in [4.69, 9.17) is 39.1 Å². The standard InChI is InChI=1S/C6H6FN.C4H2Cl2O4/c7-5-1-3-6(8)4-2-5;5-1(3(7)8)2(6)4(9)10/h1-4H,8H2;(H,7,8)(H,9,10). The Hall–Kier alpha value is -1.79. The highest BCUT2D eigenvalue weighted by Crippen LogP contribution is 2.13. The Labute approximate surface area is 111 Å². The topological polar surface area (TPSA) is 101 Å². The normalized spacial score (nSPS) is 10.8. The SMILES string of the molecule is Nc1ccc(F)cc1.O=C(O)C(Cl)=C(Cl)C(=O)O. The largest absolute Gasteiger partial charge is 0.477 e. The molecule has 98 valence electrons. The monoisotopic (exact) mass is 295 g/mol. The predicted octanol–water partition coefficient (Wildman–Crippen LogP) is 2.25. The molecule has 0 unspecified atom stereocenters. The third-order valence-corrected chi connectivity index (χ3v) is 2.24. The highest BCUT2D eigenvalue weighted by molar-refractivity contribution is 6.52. The molecule has 0 radical (unpaired) electrons. The van der Waals surface area contributed by atoms with E-state index < -0.39 is 22.0 Å². The molecule has 0 aromatic heterocycles. The van der Waals surface area contributed by atoms with Crippen LogP contribution in [0.1, 0.15) is 0 Å². The molecule has 0 aliphatic rings. The smallest absolute Gasteiger partial charge is 0.349 e. The number of nitrogens with two attached hydrogens (primary N) is 1. The van der Waals surface area contributed by atoms with Gasteiger partial charge in [0.15, 0.2) is 10.1 Å². The molecule has 1 aromatic rings. The van der Waals surface area contributed by atoms with E-state index in [0.29, 0.717) is 5.69 Å². The van der Waals surface area contributed by atoms with Crippen LogP contribution in [0.2, 0.25) is 0 Å². The van der Waals surface area contributed by atoms with Crippen LogP contribution < -0.4 is 5.73 Å². The molecule has 0 aliphatic carbocycles. The molecule has 0 amide bonds. The summed E-state index contributed by atoms with van der Waals surface area (Å²) in [6.45, 7) is 0. The molecule has 1 aromatic carbocycles. The average Bonchev–Trinajstić information content (AvgIpc) is 2.31. The lowest BCUT2D eigenvalue weighted by Crippen LogP contribution is -2.02. The Morgan fingerprint density at radius 2 is 1.33 bits per heavy atom. The molecule has 0 heterocycles. The molecule has 0 fully saturated rings. The fraction of sp³-hybridized carbons (Fsp3) is 0. The van der Waals surface area contributed by atoms with E-state index in [-0.39, 0.29) is 5.82 Å². The first-order valence-electron chi connectivity index (χ1n) is 4.28. The Morgan fingerprint density at radius 3 is 1.56 bits per heavy atom. The quantitative estimate of drug-likeness (QED) is 0.574. The molecule has 1 rings (SSSR count). The number of nitrogen functional groups attached to an aromatic ring is 1. The molecule has 8 heteroatoms. The minimum absolute atomic E-state index is 0.251. The van der Waals surface area contributed by atoms with E-state index in [1.54, 1.807) is 0 Å². The molecule has 18 heavy (non-hydrogen) atoms. The van der Waals surface area contributed by atoms with Crippen LogP contribution in [0.4, 0.5) is 10.1 Å². The minimum atomic E-state index is -1.56. The van der Waals surface area contributed by atoms with Gasteiger partial charge in [0.1, 0.15) is 5.82 Å². The number of anilines is 1. The van der Waals surface area contributed by atoms with E-state index in [1.807, 2.05) is 0 Å². The van der Waals surface area contributed by atoms with Crippen molar-refractivity contribution in [2.45, 2.75) is 0 Å². The highest BCUT2D eigenvalue weighted by Gasteiger charge is 2.15. The van der Waals surface area contributed by atoms with Crippen LogP contribution in [0.25, 0.3) is 0 Å². The first-order valence-corrected chi connectivity index (χ1v) is 5.04. The summed E-state index contributed by atoms with van der Waals surface area (Å²) >= 11 is 9.86. The number of halogens is 3. The van der Waals surface area contributed by atoms with E-state index in [0.717, 1.165) is 0 Å². The summed E-state index contributed by atoms with van der Waals surface area (Å²) in [4.78, 5) is 19.8. The van der Waals surface area contributed by atoms with E-state index >= 15 is 0 Å². The Kier molecular flexibility index (Phi) is 6.77. The summed E-state index contributed by atoms with van der Waals surface area (Å²) in [7, 11) is 0. The van der Waals surface area contributed by atoms with Gasteiger partial charge < -0.3 is 15.9 Å². The zero-order chi connectivity index (χ0) is 14.3. The number of benzene rings is 1. The van der Waals surface area contributed by atoms with Gasteiger partial charge in [-0.05, 0) is 24.3 Å². The lowest BCUT2D eigenvalue weighted by molar-refractivity contribution is -0.134. The van der Waals surface area contributed by atoms with Crippen LogP contribution in [0.3, 0.4) is 0 Å². The molecule has 4 N–H and O–H groups in total. The van der Waals surface area contributed by atoms with Crippen LogP contribution in [0, 0.1) is 5.82 Å². The number of carbonyl (C=O) groups is 2. The van der Waals surface area contributed by atoms with Crippen LogP contribution in [0.5, 0.6) is 0 Å². The van der Waals surface area contributed by atoms with Gasteiger partial charge in [-0.2, -0.15) is 0 Å². The molecule has 0 spiro atoms. The Balaban J connectivity index is 0.000000327. The Bertz CT molecular complexity index is 430.